The summed E-state index contributed by atoms with van der Waals surface area (Å²) in [6, 6.07) is 6.75. The molecule has 0 spiro atoms. The van der Waals surface area contributed by atoms with E-state index >= 15 is 0 Å². The van der Waals surface area contributed by atoms with E-state index in [1.54, 1.807) is 24.3 Å². The third-order valence-electron chi connectivity index (χ3n) is 2.79. The number of amides is 2. The lowest BCUT2D eigenvalue weighted by Gasteiger charge is -2.05. The zero-order valence-electron chi connectivity index (χ0n) is 11.4. The summed E-state index contributed by atoms with van der Waals surface area (Å²) in [6.07, 6.45) is -3.23. The van der Waals surface area contributed by atoms with E-state index in [-0.39, 0.29) is 5.69 Å². The molecule has 116 valence electrons. The number of urea groups is 1. The number of primary amides is 1. The van der Waals surface area contributed by atoms with Gasteiger partial charge in [-0.1, -0.05) is 24.3 Å². The van der Waals surface area contributed by atoms with Crippen molar-refractivity contribution in [1.29, 1.82) is 0 Å². The summed E-state index contributed by atoms with van der Waals surface area (Å²) < 4.78 is 39.3. The number of aryl methyl sites for hydroxylation is 1. The predicted octanol–water partition coefficient (Wildman–Crippen LogP) is 2.11. The van der Waals surface area contributed by atoms with Crippen molar-refractivity contribution in [2.24, 2.45) is 17.9 Å². The Morgan fingerprint density at radius 3 is 2.68 bits per heavy atom. The highest BCUT2D eigenvalue weighted by atomic mass is 19.4. The highest BCUT2D eigenvalue weighted by molar-refractivity contribution is 5.90. The van der Waals surface area contributed by atoms with Gasteiger partial charge in [0, 0.05) is 18.2 Å². The number of hydrazone groups is 1. The van der Waals surface area contributed by atoms with Gasteiger partial charge in [0.25, 0.3) is 0 Å². The molecular weight excluding hydrogens is 299 g/mol. The van der Waals surface area contributed by atoms with E-state index in [9.17, 15) is 18.0 Å². The lowest BCUT2D eigenvalue weighted by atomic mass is 10.1. The lowest BCUT2D eigenvalue weighted by molar-refractivity contribution is -0.141. The maximum atomic E-state index is 12.7. The smallest absolute Gasteiger partial charge is 0.350 e. The van der Waals surface area contributed by atoms with Crippen molar-refractivity contribution in [3.8, 4) is 11.3 Å². The molecule has 9 heteroatoms. The molecule has 1 heterocycles. The number of aromatic nitrogens is 2. The average Bonchev–Trinajstić information content (AvgIpc) is 2.81. The zero-order valence-corrected chi connectivity index (χ0v) is 11.4. The van der Waals surface area contributed by atoms with E-state index < -0.39 is 17.9 Å². The Morgan fingerprint density at radius 2 is 2.09 bits per heavy atom. The molecule has 0 aliphatic rings. The van der Waals surface area contributed by atoms with E-state index in [1.165, 1.54) is 13.3 Å². The molecule has 1 aromatic heterocycles. The van der Waals surface area contributed by atoms with Crippen molar-refractivity contribution in [2.45, 2.75) is 6.18 Å². The van der Waals surface area contributed by atoms with Crippen LogP contribution in [0.1, 0.15) is 11.3 Å². The van der Waals surface area contributed by atoms with Crippen LogP contribution >= 0.6 is 0 Å². The molecule has 0 saturated carbocycles. The Balaban J connectivity index is 2.43. The minimum atomic E-state index is -4.52. The van der Waals surface area contributed by atoms with Gasteiger partial charge in [-0.15, -0.1) is 0 Å². The Morgan fingerprint density at radius 1 is 1.41 bits per heavy atom. The third-order valence-corrected chi connectivity index (χ3v) is 2.79. The van der Waals surface area contributed by atoms with Gasteiger partial charge in [0.2, 0.25) is 0 Å². The van der Waals surface area contributed by atoms with Crippen LogP contribution in [0.5, 0.6) is 0 Å². The monoisotopic (exact) mass is 311 g/mol. The summed E-state index contributed by atoms with van der Waals surface area (Å²) in [6.45, 7) is 0. The largest absolute Gasteiger partial charge is 0.435 e. The minimum Gasteiger partial charge on any atom is -0.350 e. The number of nitrogens with two attached hydrogens (primary N) is 1. The summed E-state index contributed by atoms with van der Waals surface area (Å²) in [5.41, 5.74) is 7.19. The Labute approximate surface area is 123 Å². The molecule has 0 atom stereocenters. The standard InChI is InChI=1S/C13H12F3N5O/c1-21-10(6-11(20-21)13(14,15)16)9-5-3-2-4-8(9)7-18-19-12(17)22/h2-7H,1H3,(H3,17,19,22). The molecule has 0 radical (unpaired) electrons. The topological polar surface area (TPSA) is 85.3 Å². The molecule has 2 rings (SSSR count). The first-order valence-corrected chi connectivity index (χ1v) is 6.08. The fraction of sp³-hybridized carbons (Fsp3) is 0.154. The van der Waals surface area contributed by atoms with Gasteiger partial charge < -0.3 is 5.73 Å². The van der Waals surface area contributed by atoms with Crippen molar-refractivity contribution in [2.75, 3.05) is 0 Å². The van der Waals surface area contributed by atoms with Crippen molar-refractivity contribution in [1.82, 2.24) is 15.2 Å². The molecular formula is C13H12F3N5O. The van der Waals surface area contributed by atoms with Crippen molar-refractivity contribution < 1.29 is 18.0 Å². The van der Waals surface area contributed by atoms with E-state index in [2.05, 4.69) is 10.2 Å². The summed E-state index contributed by atoms with van der Waals surface area (Å²) in [7, 11) is 1.42. The second kappa shape index (κ2) is 5.88. The van der Waals surface area contributed by atoms with E-state index in [1.807, 2.05) is 5.43 Å². The normalized spacial score (nSPS) is 11.8. The Hall–Kier alpha value is -2.84. The second-order valence-electron chi connectivity index (χ2n) is 4.36. The molecule has 0 aliphatic heterocycles. The summed E-state index contributed by atoms with van der Waals surface area (Å²) in [4.78, 5) is 10.6. The van der Waals surface area contributed by atoms with Crippen molar-refractivity contribution in [3.63, 3.8) is 0 Å². The number of alkyl halides is 3. The number of carbonyl (C=O) groups excluding carboxylic acids is 1. The van der Waals surface area contributed by atoms with Crippen LogP contribution in [0, 0.1) is 0 Å². The summed E-state index contributed by atoms with van der Waals surface area (Å²) in [5, 5.41) is 7.08. The number of hydrogen-bond donors (Lipinski definition) is 2. The first-order chi connectivity index (χ1) is 10.3. The lowest BCUT2D eigenvalue weighted by Crippen LogP contribution is -2.24. The first-order valence-electron chi connectivity index (χ1n) is 6.08. The van der Waals surface area contributed by atoms with Crippen LogP contribution in [0.15, 0.2) is 35.4 Å². The van der Waals surface area contributed by atoms with Crippen LogP contribution in [0.3, 0.4) is 0 Å². The molecule has 1 aromatic carbocycles. The third kappa shape index (κ3) is 3.43. The van der Waals surface area contributed by atoms with Crippen LogP contribution in [0.25, 0.3) is 11.3 Å². The molecule has 3 N–H and O–H groups in total. The van der Waals surface area contributed by atoms with Crippen molar-refractivity contribution in [3.05, 3.63) is 41.6 Å². The van der Waals surface area contributed by atoms with Gasteiger partial charge in [-0.2, -0.15) is 23.4 Å². The van der Waals surface area contributed by atoms with Gasteiger partial charge in [0.15, 0.2) is 5.69 Å². The van der Waals surface area contributed by atoms with Gasteiger partial charge in [0.05, 0.1) is 11.9 Å². The first kappa shape index (κ1) is 15.5. The Kier molecular flexibility index (Phi) is 4.15. The maximum Gasteiger partial charge on any atom is 0.435 e. The molecule has 22 heavy (non-hydrogen) atoms. The fourth-order valence-corrected chi connectivity index (χ4v) is 1.87. The van der Waals surface area contributed by atoms with E-state index in [0.717, 1.165) is 10.7 Å². The molecule has 0 aliphatic carbocycles. The van der Waals surface area contributed by atoms with Crippen molar-refractivity contribution >= 4 is 12.2 Å². The molecule has 0 saturated heterocycles. The van der Waals surface area contributed by atoms with Crippen LogP contribution in [0.4, 0.5) is 18.0 Å². The number of nitrogens with zero attached hydrogens (tertiary/aromatic N) is 3. The summed E-state index contributed by atoms with van der Waals surface area (Å²) in [5.74, 6) is 0. The maximum absolute atomic E-state index is 12.7. The molecule has 2 amide bonds. The van der Waals surface area contributed by atoms with Crippen LogP contribution < -0.4 is 11.2 Å². The minimum absolute atomic E-state index is 0.272. The highest BCUT2D eigenvalue weighted by Crippen LogP contribution is 2.32. The number of nitrogens with one attached hydrogen (secondary N) is 1. The van der Waals surface area contributed by atoms with Gasteiger partial charge in [-0.3, -0.25) is 4.68 Å². The molecule has 6 nitrogen and oxygen atoms in total. The van der Waals surface area contributed by atoms with E-state index in [0.29, 0.717) is 11.1 Å². The van der Waals surface area contributed by atoms with Gasteiger partial charge in [0.1, 0.15) is 0 Å². The van der Waals surface area contributed by atoms with Crippen LogP contribution in [-0.4, -0.2) is 22.0 Å². The van der Waals surface area contributed by atoms with Gasteiger partial charge >= 0.3 is 12.2 Å². The second-order valence-corrected chi connectivity index (χ2v) is 4.36. The number of hydrogen-bond acceptors (Lipinski definition) is 3. The van der Waals surface area contributed by atoms with Crippen LogP contribution in [0.2, 0.25) is 0 Å². The quantitative estimate of drug-likeness (QED) is 0.672. The number of rotatable bonds is 3. The van der Waals surface area contributed by atoms with Gasteiger partial charge in [-0.25, -0.2) is 10.2 Å². The number of benzene rings is 1. The Bertz CT molecular complexity index is 721. The van der Waals surface area contributed by atoms with Gasteiger partial charge in [-0.05, 0) is 6.07 Å². The zero-order chi connectivity index (χ0) is 16.3. The molecule has 0 bridgehead atoms. The molecule has 0 unspecified atom stereocenters. The van der Waals surface area contributed by atoms with E-state index in [4.69, 9.17) is 5.73 Å². The fourth-order valence-electron chi connectivity index (χ4n) is 1.87. The summed E-state index contributed by atoms with van der Waals surface area (Å²) >= 11 is 0. The number of halogens is 3. The predicted molar refractivity (Wildman–Crippen MR) is 74.0 cm³/mol. The number of carbonyl (C=O) groups is 1. The van der Waals surface area contributed by atoms with Crippen LogP contribution in [-0.2, 0) is 13.2 Å². The molecule has 0 fully saturated rings. The SMILES string of the molecule is Cn1nc(C(F)(F)F)cc1-c1ccccc1C=NNC(N)=O. The highest BCUT2D eigenvalue weighted by Gasteiger charge is 2.34. The average molecular weight is 311 g/mol. The molecule has 2 aromatic rings.